The van der Waals surface area contributed by atoms with Crippen molar-refractivity contribution in [2.45, 2.75) is 44.7 Å². The zero-order chi connectivity index (χ0) is 20.4. The second kappa shape index (κ2) is 8.42. The average molecular weight is 398 g/mol. The molecule has 2 fully saturated rings. The lowest BCUT2D eigenvalue weighted by molar-refractivity contribution is -0.136. The summed E-state index contributed by atoms with van der Waals surface area (Å²) in [5.41, 5.74) is 1.46. The molecule has 2 unspecified atom stereocenters. The fraction of sp³-hybridized carbons (Fsp3) is 0.524. The van der Waals surface area contributed by atoms with E-state index in [0.29, 0.717) is 23.6 Å². The van der Waals surface area contributed by atoms with Crippen molar-refractivity contribution in [3.63, 3.8) is 0 Å². The Morgan fingerprint density at radius 2 is 1.97 bits per heavy atom. The molecule has 4 rings (SSSR count). The van der Waals surface area contributed by atoms with Gasteiger partial charge in [0.25, 0.3) is 11.8 Å². The first-order valence-corrected chi connectivity index (χ1v) is 10.3. The van der Waals surface area contributed by atoms with Gasteiger partial charge in [-0.25, -0.2) is 0 Å². The minimum Gasteiger partial charge on any atom is -0.316 e. The van der Waals surface area contributed by atoms with Gasteiger partial charge in [-0.15, -0.1) is 0 Å². The minimum atomic E-state index is -0.931. The summed E-state index contributed by atoms with van der Waals surface area (Å²) in [6.45, 7) is 3.48. The predicted molar refractivity (Wildman–Crippen MR) is 105 cm³/mol. The summed E-state index contributed by atoms with van der Waals surface area (Å²) >= 11 is 0. The van der Waals surface area contributed by atoms with Crippen LogP contribution in [0.5, 0.6) is 0 Å². The van der Waals surface area contributed by atoms with E-state index in [4.69, 9.17) is 0 Å². The van der Waals surface area contributed by atoms with E-state index in [0.717, 1.165) is 36.5 Å². The molecular weight excluding hydrogens is 372 g/mol. The number of nitrogens with one attached hydrogen (secondary N) is 3. The lowest BCUT2D eigenvalue weighted by atomic mass is 9.96. The third-order valence-corrected chi connectivity index (χ3v) is 6.00. The Bertz CT molecular complexity index is 847. The van der Waals surface area contributed by atoms with Crippen molar-refractivity contribution in [3.05, 3.63) is 34.9 Å². The molecule has 0 aliphatic carbocycles. The van der Waals surface area contributed by atoms with E-state index in [-0.39, 0.29) is 18.7 Å². The van der Waals surface area contributed by atoms with Gasteiger partial charge in [-0.2, -0.15) is 0 Å². The molecule has 0 radical (unpaired) electrons. The van der Waals surface area contributed by atoms with Crippen LogP contribution in [0.15, 0.2) is 18.2 Å². The van der Waals surface area contributed by atoms with E-state index in [9.17, 15) is 19.2 Å². The van der Waals surface area contributed by atoms with Crippen LogP contribution in [0.2, 0.25) is 0 Å². The fourth-order valence-electron chi connectivity index (χ4n) is 4.43. The molecule has 1 aromatic carbocycles. The quantitative estimate of drug-likeness (QED) is 0.478. The van der Waals surface area contributed by atoms with Crippen LogP contribution in [-0.4, -0.2) is 54.2 Å². The number of imide groups is 2. The Morgan fingerprint density at radius 1 is 1.10 bits per heavy atom. The molecule has 29 heavy (non-hydrogen) atoms. The Labute approximate surface area is 169 Å². The number of hydrogen-bond donors (Lipinski definition) is 3. The topological polar surface area (TPSA) is 108 Å². The van der Waals surface area contributed by atoms with Crippen LogP contribution in [0.1, 0.15) is 58.4 Å². The van der Waals surface area contributed by atoms with Crippen LogP contribution in [0.3, 0.4) is 0 Å². The second-order valence-corrected chi connectivity index (χ2v) is 7.96. The maximum Gasteiger partial charge on any atom is 0.262 e. The lowest BCUT2D eigenvalue weighted by Crippen LogP contribution is -2.54. The zero-order valence-electron chi connectivity index (χ0n) is 16.3. The average Bonchev–Trinajstić information content (AvgIpc) is 2.98. The summed E-state index contributed by atoms with van der Waals surface area (Å²) < 4.78 is 0. The van der Waals surface area contributed by atoms with Crippen LogP contribution in [0, 0.1) is 5.92 Å². The van der Waals surface area contributed by atoms with Gasteiger partial charge in [0, 0.05) is 13.0 Å². The van der Waals surface area contributed by atoms with Gasteiger partial charge in [0.15, 0.2) is 0 Å². The lowest BCUT2D eigenvalue weighted by Gasteiger charge is -2.27. The number of fused-ring (bicyclic) bond motifs is 1. The van der Waals surface area contributed by atoms with Crippen molar-refractivity contribution in [2.24, 2.45) is 5.92 Å². The number of hydrogen-bond acceptors (Lipinski definition) is 6. The number of piperidine rings is 2. The van der Waals surface area contributed by atoms with E-state index in [1.54, 1.807) is 12.1 Å². The number of carbonyl (C=O) groups excluding carboxylic acids is 4. The Hall–Kier alpha value is -2.58. The largest absolute Gasteiger partial charge is 0.316 e. The van der Waals surface area contributed by atoms with E-state index in [1.165, 1.54) is 12.8 Å². The summed E-state index contributed by atoms with van der Waals surface area (Å²) in [5, 5.41) is 9.02. The molecule has 8 nitrogen and oxygen atoms in total. The van der Waals surface area contributed by atoms with Gasteiger partial charge in [0.2, 0.25) is 11.8 Å². The van der Waals surface area contributed by atoms with Crippen molar-refractivity contribution in [1.29, 1.82) is 0 Å². The molecule has 3 N–H and O–H groups in total. The SMILES string of the molecule is O=C1CCC(N2C(=O)c3cccc(CNCCC4CCCNC4)c3C2=O)C(=O)N1. The molecule has 8 heteroatoms. The third kappa shape index (κ3) is 3.95. The second-order valence-electron chi connectivity index (χ2n) is 7.96. The van der Waals surface area contributed by atoms with Crippen LogP contribution < -0.4 is 16.0 Å². The van der Waals surface area contributed by atoms with Gasteiger partial charge in [0.05, 0.1) is 11.1 Å². The van der Waals surface area contributed by atoms with Gasteiger partial charge in [-0.1, -0.05) is 12.1 Å². The molecule has 3 aliphatic rings. The van der Waals surface area contributed by atoms with Gasteiger partial charge in [-0.3, -0.25) is 29.4 Å². The molecule has 0 saturated carbocycles. The highest BCUT2D eigenvalue weighted by Gasteiger charge is 2.45. The van der Waals surface area contributed by atoms with Crippen LogP contribution in [-0.2, 0) is 16.1 Å². The normalized spacial score (nSPS) is 24.6. The van der Waals surface area contributed by atoms with E-state index in [1.807, 2.05) is 6.07 Å². The summed E-state index contributed by atoms with van der Waals surface area (Å²) in [5.74, 6) is -1.20. The van der Waals surface area contributed by atoms with Crippen molar-refractivity contribution in [2.75, 3.05) is 19.6 Å². The van der Waals surface area contributed by atoms with Crippen LogP contribution in [0.4, 0.5) is 0 Å². The highest BCUT2D eigenvalue weighted by Crippen LogP contribution is 2.29. The summed E-state index contributed by atoms with van der Waals surface area (Å²) in [6, 6.07) is 4.30. The van der Waals surface area contributed by atoms with Gasteiger partial charge in [0.1, 0.15) is 6.04 Å². The summed E-state index contributed by atoms with van der Waals surface area (Å²) in [4.78, 5) is 50.5. The summed E-state index contributed by atoms with van der Waals surface area (Å²) in [7, 11) is 0. The molecule has 3 aliphatic heterocycles. The first kappa shape index (κ1) is 19.7. The van der Waals surface area contributed by atoms with Gasteiger partial charge < -0.3 is 10.6 Å². The van der Waals surface area contributed by atoms with E-state index in [2.05, 4.69) is 16.0 Å². The number of benzene rings is 1. The number of nitrogens with zero attached hydrogens (tertiary/aromatic N) is 1. The summed E-state index contributed by atoms with van der Waals surface area (Å²) in [6.07, 6.45) is 3.80. The predicted octanol–water partition coefficient (Wildman–Crippen LogP) is 0.567. The van der Waals surface area contributed by atoms with E-state index >= 15 is 0 Å². The highest BCUT2D eigenvalue weighted by molar-refractivity contribution is 6.24. The third-order valence-electron chi connectivity index (χ3n) is 6.00. The van der Waals surface area contributed by atoms with Crippen molar-refractivity contribution in [1.82, 2.24) is 20.9 Å². The molecule has 154 valence electrons. The Balaban J connectivity index is 1.43. The molecular formula is C21H26N4O4. The minimum absolute atomic E-state index is 0.119. The van der Waals surface area contributed by atoms with Crippen LogP contribution in [0.25, 0.3) is 0 Å². The van der Waals surface area contributed by atoms with Crippen molar-refractivity contribution < 1.29 is 19.2 Å². The molecule has 2 saturated heterocycles. The smallest absolute Gasteiger partial charge is 0.262 e. The maximum absolute atomic E-state index is 13.0. The number of rotatable bonds is 6. The first-order chi connectivity index (χ1) is 14.1. The molecule has 0 aromatic heterocycles. The molecule has 0 spiro atoms. The monoisotopic (exact) mass is 398 g/mol. The number of amides is 4. The molecule has 3 heterocycles. The first-order valence-electron chi connectivity index (χ1n) is 10.3. The molecule has 4 amide bonds. The molecule has 2 atom stereocenters. The Kier molecular flexibility index (Phi) is 5.73. The van der Waals surface area contributed by atoms with Crippen molar-refractivity contribution in [3.8, 4) is 0 Å². The highest BCUT2D eigenvalue weighted by atomic mass is 16.2. The molecule has 1 aromatic rings. The molecule has 0 bridgehead atoms. The zero-order valence-corrected chi connectivity index (χ0v) is 16.3. The maximum atomic E-state index is 13.0. The Morgan fingerprint density at radius 3 is 2.72 bits per heavy atom. The fourth-order valence-corrected chi connectivity index (χ4v) is 4.43. The standard InChI is InChI=1S/C21H26N4O4/c26-17-7-6-16(19(27)24-17)25-20(28)15-5-1-4-14(18(15)21(25)29)12-23-10-8-13-3-2-9-22-11-13/h1,4-5,13,16,22-23H,2-3,6-12H2,(H,24,26,27). The van der Waals surface area contributed by atoms with Gasteiger partial charge in [-0.05, 0) is 62.9 Å². The van der Waals surface area contributed by atoms with Crippen LogP contribution >= 0.6 is 0 Å². The van der Waals surface area contributed by atoms with Gasteiger partial charge >= 0.3 is 0 Å². The number of carbonyl (C=O) groups is 4. The van der Waals surface area contributed by atoms with Crippen molar-refractivity contribution >= 4 is 23.6 Å². The van der Waals surface area contributed by atoms with E-state index < -0.39 is 23.8 Å².